The van der Waals surface area contributed by atoms with Gasteiger partial charge in [-0.1, -0.05) is 30.3 Å². The second-order valence-electron chi connectivity index (χ2n) is 5.78. The summed E-state index contributed by atoms with van der Waals surface area (Å²) in [5.41, 5.74) is 2.35. The lowest BCUT2D eigenvalue weighted by molar-refractivity contribution is 0.102. The number of anilines is 3. The smallest absolute Gasteiger partial charge is 0.261 e. The van der Waals surface area contributed by atoms with E-state index in [9.17, 15) is 4.79 Å². The number of benzene rings is 2. The van der Waals surface area contributed by atoms with Gasteiger partial charge in [0.2, 0.25) is 0 Å². The van der Waals surface area contributed by atoms with Crippen LogP contribution in [0.2, 0.25) is 0 Å². The number of nitrogens with zero attached hydrogens (tertiary/aromatic N) is 3. The van der Waals surface area contributed by atoms with Crippen molar-refractivity contribution in [3.05, 3.63) is 78.6 Å². The van der Waals surface area contributed by atoms with E-state index in [1.807, 2.05) is 54.6 Å². The minimum absolute atomic E-state index is 0.266. The molecule has 134 valence electrons. The molecule has 27 heavy (non-hydrogen) atoms. The molecule has 0 aliphatic rings. The van der Waals surface area contributed by atoms with Crippen LogP contribution >= 0.6 is 0 Å². The first kappa shape index (κ1) is 16.6. The molecule has 1 amide bonds. The molecule has 0 saturated carbocycles. The molecule has 0 aliphatic heterocycles. The zero-order chi connectivity index (χ0) is 18.6. The van der Waals surface area contributed by atoms with Crippen molar-refractivity contribution in [2.75, 3.05) is 17.7 Å². The summed E-state index contributed by atoms with van der Waals surface area (Å²) in [6.07, 6.45) is 3.26. The number of rotatable bonds is 5. The number of hydrogen-bond acceptors (Lipinski definition) is 5. The van der Waals surface area contributed by atoms with Crippen molar-refractivity contribution in [2.24, 2.45) is 0 Å². The maximum absolute atomic E-state index is 12.6. The van der Waals surface area contributed by atoms with E-state index in [1.165, 1.54) is 6.20 Å². The Hall–Kier alpha value is -3.87. The van der Waals surface area contributed by atoms with Gasteiger partial charge in [-0.2, -0.15) is 5.10 Å². The Morgan fingerprint density at radius 2 is 1.81 bits per heavy atom. The van der Waals surface area contributed by atoms with Gasteiger partial charge in [-0.25, -0.2) is 9.50 Å². The molecule has 0 bridgehead atoms. The number of amides is 1. The Labute approximate surface area is 155 Å². The first-order chi connectivity index (χ1) is 13.2. The molecule has 0 saturated heterocycles. The van der Waals surface area contributed by atoms with Gasteiger partial charge in [-0.3, -0.25) is 4.79 Å². The number of aromatic nitrogens is 3. The van der Waals surface area contributed by atoms with Crippen molar-refractivity contribution in [3.63, 3.8) is 0 Å². The maximum Gasteiger partial charge on any atom is 0.261 e. The topological polar surface area (TPSA) is 80.5 Å². The number of carbonyl (C=O) groups excluding carboxylic acids is 1. The summed E-state index contributed by atoms with van der Waals surface area (Å²) in [5.74, 6) is 1.02. The largest absolute Gasteiger partial charge is 0.495 e. The summed E-state index contributed by atoms with van der Waals surface area (Å²) >= 11 is 0. The third kappa shape index (κ3) is 3.43. The molecular formula is C20H17N5O2. The fraction of sp³-hybridized carbons (Fsp3) is 0.0500. The van der Waals surface area contributed by atoms with Crippen LogP contribution in [0.4, 0.5) is 17.2 Å². The number of nitrogens with one attached hydrogen (secondary N) is 2. The standard InChI is InChI=1S/C20H17N5O2/c1-27-17-10-6-5-9-16(17)23-18-11-12-25-19(24-18)15(13-21-25)20(26)22-14-7-3-2-4-8-14/h2-13H,1H3,(H,22,26)(H,23,24). The molecule has 2 aromatic carbocycles. The van der Waals surface area contributed by atoms with E-state index in [-0.39, 0.29) is 5.91 Å². The highest BCUT2D eigenvalue weighted by atomic mass is 16.5. The van der Waals surface area contributed by atoms with Crippen molar-refractivity contribution >= 4 is 28.7 Å². The Morgan fingerprint density at radius 1 is 1.04 bits per heavy atom. The Morgan fingerprint density at radius 3 is 2.63 bits per heavy atom. The van der Waals surface area contributed by atoms with Crippen molar-refractivity contribution in [1.29, 1.82) is 0 Å². The number of fused-ring (bicyclic) bond motifs is 1. The maximum atomic E-state index is 12.6. The molecule has 0 spiro atoms. The van der Waals surface area contributed by atoms with Gasteiger partial charge in [0.1, 0.15) is 17.1 Å². The Balaban J connectivity index is 1.64. The molecule has 7 heteroatoms. The van der Waals surface area contributed by atoms with Gasteiger partial charge < -0.3 is 15.4 Å². The Bertz CT molecular complexity index is 1090. The van der Waals surface area contributed by atoms with Gasteiger partial charge in [0.15, 0.2) is 5.65 Å². The van der Waals surface area contributed by atoms with Gasteiger partial charge in [0, 0.05) is 11.9 Å². The summed E-state index contributed by atoms with van der Waals surface area (Å²) in [6, 6.07) is 18.6. The lowest BCUT2D eigenvalue weighted by Crippen LogP contribution is -2.12. The van der Waals surface area contributed by atoms with E-state index in [2.05, 4.69) is 20.7 Å². The highest BCUT2D eigenvalue weighted by Crippen LogP contribution is 2.26. The molecule has 4 rings (SSSR count). The van der Waals surface area contributed by atoms with Crippen molar-refractivity contribution in [3.8, 4) is 5.75 Å². The summed E-state index contributed by atoms with van der Waals surface area (Å²) < 4.78 is 6.91. The molecule has 2 aromatic heterocycles. The van der Waals surface area contributed by atoms with Crippen LogP contribution in [0.25, 0.3) is 5.65 Å². The predicted octanol–water partition coefficient (Wildman–Crippen LogP) is 3.73. The van der Waals surface area contributed by atoms with E-state index < -0.39 is 0 Å². The van der Waals surface area contributed by atoms with Gasteiger partial charge in [-0.05, 0) is 30.3 Å². The third-order valence-electron chi connectivity index (χ3n) is 4.02. The van der Waals surface area contributed by atoms with Crippen LogP contribution in [-0.2, 0) is 0 Å². The van der Waals surface area contributed by atoms with Crippen molar-refractivity contribution in [2.45, 2.75) is 0 Å². The van der Waals surface area contributed by atoms with E-state index in [4.69, 9.17) is 4.74 Å². The first-order valence-electron chi connectivity index (χ1n) is 8.35. The molecular weight excluding hydrogens is 342 g/mol. The molecule has 7 nitrogen and oxygen atoms in total. The zero-order valence-electron chi connectivity index (χ0n) is 14.6. The number of ether oxygens (including phenoxy) is 1. The molecule has 2 N–H and O–H groups in total. The fourth-order valence-electron chi connectivity index (χ4n) is 2.70. The van der Waals surface area contributed by atoms with Crippen molar-refractivity contribution < 1.29 is 9.53 Å². The van der Waals surface area contributed by atoms with E-state index in [0.717, 1.165) is 5.69 Å². The molecule has 4 aromatic rings. The molecule has 0 unspecified atom stereocenters. The van der Waals surface area contributed by atoms with Gasteiger partial charge in [0.05, 0.1) is 19.0 Å². The fourth-order valence-corrected chi connectivity index (χ4v) is 2.70. The molecule has 2 heterocycles. The second-order valence-corrected chi connectivity index (χ2v) is 5.78. The Kier molecular flexibility index (Phi) is 4.40. The first-order valence-corrected chi connectivity index (χ1v) is 8.35. The number of hydrogen-bond donors (Lipinski definition) is 2. The quantitative estimate of drug-likeness (QED) is 0.567. The summed E-state index contributed by atoms with van der Waals surface area (Å²) in [6.45, 7) is 0. The van der Waals surface area contributed by atoms with E-state index in [0.29, 0.717) is 28.5 Å². The van der Waals surface area contributed by atoms with E-state index >= 15 is 0 Å². The highest BCUT2D eigenvalue weighted by molar-refractivity contribution is 6.08. The van der Waals surface area contributed by atoms with Crippen molar-refractivity contribution in [1.82, 2.24) is 14.6 Å². The summed E-state index contributed by atoms with van der Waals surface area (Å²) in [5, 5.41) is 10.3. The third-order valence-corrected chi connectivity index (χ3v) is 4.02. The van der Waals surface area contributed by atoms with Crippen LogP contribution in [0.3, 0.4) is 0 Å². The zero-order valence-corrected chi connectivity index (χ0v) is 14.6. The molecule has 0 fully saturated rings. The minimum Gasteiger partial charge on any atom is -0.495 e. The summed E-state index contributed by atoms with van der Waals surface area (Å²) in [7, 11) is 1.61. The lowest BCUT2D eigenvalue weighted by Gasteiger charge is -2.10. The van der Waals surface area contributed by atoms with Gasteiger partial charge >= 0.3 is 0 Å². The summed E-state index contributed by atoms with van der Waals surface area (Å²) in [4.78, 5) is 17.2. The minimum atomic E-state index is -0.266. The van der Waals surface area contributed by atoms with Crippen LogP contribution in [0.5, 0.6) is 5.75 Å². The van der Waals surface area contributed by atoms with E-state index in [1.54, 1.807) is 23.9 Å². The SMILES string of the molecule is COc1ccccc1Nc1ccn2ncc(C(=O)Nc3ccccc3)c2n1. The van der Waals surface area contributed by atoms with Crippen LogP contribution in [-0.4, -0.2) is 27.6 Å². The molecule has 0 aliphatic carbocycles. The van der Waals surface area contributed by atoms with Crippen LogP contribution in [0, 0.1) is 0 Å². The van der Waals surface area contributed by atoms with Crippen LogP contribution in [0.1, 0.15) is 10.4 Å². The van der Waals surface area contributed by atoms with Crippen LogP contribution < -0.4 is 15.4 Å². The molecule has 0 atom stereocenters. The lowest BCUT2D eigenvalue weighted by atomic mass is 10.2. The van der Waals surface area contributed by atoms with Crippen LogP contribution in [0.15, 0.2) is 73.1 Å². The van der Waals surface area contributed by atoms with Gasteiger partial charge in [0.25, 0.3) is 5.91 Å². The average molecular weight is 359 g/mol. The highest BCUT2D eigenvalue weighted by Gasteiger charge is 2.15. The average Bonchev–Trinajstić information content (AvgIpc) is 3.12. The predicted molar refractivity (Wildman–Crippen MR) is 104 cm³/mol. The van der Waals surface area contributed by atoms with Gasteiger partial charge in [-0.15, -0.1) is 0 Å². The number of para-hydroxylation sites is 3. The normalized spacial score (nSPS) is 10.6. The second kappa shape index (κ2) is 7.17. The monoisotopic (exact) mass is 359 g/mol. The number of carbonyl (C=O) groups is 1. The number of methoxy groups -OCH3 is 1. The molecule has 0 radical (unpaired) electrons.